The summed E-state index contributed by atoms with van der Waals surface area (Å²) < 4.78 is 73.5. The fraction of sp³-hybridized carbons (Fsp3) is 0.435. The second-order valence-electron chi connectivity index (χ2n) is 8.16. The Hall–Kier alpha value is -2.55. The molecule has 0 N–H and O–H groups in total. The molecule has 0 aromatic heterocycles. The number of alkyl halides is 3. The fourth-order valence-electron chi connectivity index (χ4n) is 4.32. The quantitative estimate of drug-likeness (QED) is 0.594. The number of amidine groups is 1. The highest BCUT2D eigenvalue weighted by Crippen LogP contribution is 2.36. The zero-order valence-electron chi connectivity index (χ0n) is 17.7. The van der Waals surface area contributed by atoms with Gasteiger partial charge in [0.15, 0.2) is 0 Å². The van der Waals surface area contributed by atoms with Crippen molar-refractivity contribution < 1.29 is 26.3 Å². The second-order valence-corrected chi connectivity index (χ2v) is 9.91. The van der Waals surface area contributed by atoms with E-state index in [4.69, 9.17) is 4.74 Å². The van der Waals surface area contributed by atoms with Crippen molar-refractivity contribution in [3.63, 3.8) is 0 Å². The first kappa shape index (κ1) is 22.6. The molecule has 9 heteroatoms. The number of rotatable bonds is 5. The van der Waals surface area contributed by atoms with Crippen LogP contribution in [0.5, 0.6) is 11.5 Å². The van der Waals surface area contributed by atoms with Gasteiger partial charge in [-0.2, -0.15) is 13.2 Å². The van der Waals surface area contributed by atoms with E-state index in [0.29, 0.717) is 36.7 Å². The lowest BCUT2D eigenvalue weighted by Gasteiger charge is -2.37. The third-order valence-corrected chi connectivity index (χ3v) is 6.99. The topological polar surface area (TPSA) is 59.0 Å². The third kappa shape index (κ3) is 4.92. The largest absolute Gasteiger partial charge is 0.457 e. The Morgan fingerprint density at radius 1 is 1.09 bits per heavy atom. The molecule has 2 heterocycles. The third-order valence-electron chi connectivity index (χ3n) is 5.83. The molecule has 0 saturated carbocycles. The number of aryl methyl sites for hydroxylation is 1. The lowest BCUT2D eigenvalue weighted by Crippen LogP contribution is -2.46. The van der Waals surface area contributed by atoms with E-state index in [9.17, 15) is 21.6 Å². The maximum Gasteiger partial charge on any atom is 0.416 e. The van der Waals surface area contributed by atoms with Gasteiger partial charge in [0, 0.05) is 19.0 Å². The molecule has 2 aromatic carbocycles. The number of piperidine rings is 1. The predicted octanol–water partition coefficient (Wildman–Crippen LogP) is 5.37. The molecule has 172 valence electrons. The SMILES string of the molecule is CCCc1cc(Oc2ccc(C3CCCN4CCS(=O)(=O)N=C34)cc2)ccc1C(F)(F)F. The highest BCUT2D eigenvalue weighted by atomic mass is 32.2. The Bertz CT molecular complexity index is 1110. The van der Waals surface area contributed by atoms with Crippen LogP contribution in [0, 0.1) is 0 Å². The number of ether oxygens (including phenoxy) is 1. The summed E-state index contributed by atoms with van der Waals surface area (Å²) in [7, 11) is -3.42. The van der Waals surface area contributed by atoms with Crippen LogP contribution in [0.4, 0.5) is 13.2 Å². The zero-order valence-corrected chi connectivity index (χ0v) is 18.5. The van der Waals surface area contributed by atoms with Gasteiger partial charge >= 0.3 is 6.18 Å². The average molecular weight is 467 g/mol. The van der Waals surface area contributed by atoms with Gasteiger partial charge < -0.3 is 9.64 Å². The Morgan fingerprint density at radius 2 is 1.81 bits per heavy atom. The van der Waals surface area contributed by atoms with Crippen LogP contribution in [0.3, 0.4) is 0 Å². The number of benzene rings is 2. The van der Waals surface area contributed by atoms with Crippen molar-refractivity contribution in [3.05, 3.63) is 59.2 Å². The molecular formula is C23H25F3N2O3S. The summed E-state index contributed by atoms with van der Waals surface area (Å²) >= 11 is 0. The van der Waals surface area contributed by atoms with Gasteiger partial charge in [-0.05, 0) is 60.7 Å². The molecule has 2 aliphatic heterocycles. The van der Waals surface area contributed by atoms with Crippen LogP contribution >= 0.6 is 0 Å². The maximum absolute atomic E-state index is 13.2. The molecule has 2 aliphatic rings. The number of nitrogens with zero attached hydrogens (tertiary/aromatic N) is 2. The van der Waals surface area contributed by atoms with E-state index in [2.05, 4.69) is 4.40 Å². The minimum Gasteiger partial charge on any atom is -0.457 e. The molecule has 1 atom stereocenters. The van der Waals surface area contributed by atoms with Crippen molar-refractivity contribution in [2.24, 2.45) is 4.40 Å². The van der Waals surface area contributed by atoms with Crippen molar-refractivity contribution in [2.45, 2.75) is 44.7 Å². The van der Waals surface area contributed by atoms with E-state index in [1.165, 1.54) is 12.1 Å². The van der Waals surface area contributed by atoms with Gasteiger partial charge in [-0.1, -0.05) is 25.5 Å². The van der Waals surface area contributed by atoms with Gasteiger partial charge in [0.25, 0.3) is 10.0 Å². The molecule has 4 rings (SSSR count). The summed E-state index contributed by atoms with van der Waals surface area (Å²) in [6, 6.07) is 11.1. The predicted molar refractivity (Wildman–Crippen MR) is 117 cm³/mol. The van der Waals surface area contributed by atoms with E-state index < -0.39 is 21.8 Å². The van der Waals surface area contributed by atoms with Gasteiger partial charge in [-0.3, -0.25) is 0 Å². The van der Waals surface area contributed by atoms with E-state index in [1.807, 2.05) is 24.0 Å². The smallest absolute Gasteiger partial charge is 0.416 e. The van der Waals surface area contributed by atoms with Crippen LogP contribution < -0.4 is 4.74 Å². The minimum absolute atomic E-state index is 0.0448. The number of fused-ring (bicyclic) bond motifs is 1. The fourth-order valence-corrected chi connectivity index (χ4v) is 5.39. The summed E-state index contributed by atoms with van der Waals surface area (Å²) in [5.74, 6) is 1.39. The van der Waals surface area contributed by atoms with Crippen LogP contribution in [0.15, 0.2) is 46.9 Å². The summed E-state index contributed by atoms with van der Waals surface area (Å²) in [5, 5.41) is 0. The van der Waals surface area contributed by atoms with Gasteiger partial charge in [0.1, 0.15) is 17.3 Å². The number of hydrogen-bond donors (Lipinski definition) is 0. The number of hydrogen-bond acceptors (Lipinski definition) is 4. The molecule has 0 amide bonds. The Labute approximate surface area is 186 Å². The zero-order chi connectivity index (χ0) is 22.9. The van der Waals surface area contributed by atoms with Crippen LogP contribution in [0.1, 0.15) is 48.8 Å². The van der Waals surface area contributed by atoms with Crippen LogP contribution in [-0.4, -0.2) is 38.0 Å². The first-order valence-electron chi connectivity index (χ1n) is 10.7. The van der Waals surface area contributed by atoms with Gasteiger partial charge in [-0.15, -0.1) is 4.40 Å². The maximum atomic E-state index is 13.2. The summed E-state index contributed by atoms with van der Waals surface area (Å²) in [6.07, 6.45) is -1.72. The first-order chi connectivity index (χ1) is 15.2. The molecular weight excluding hydrogens is 441 g/mol. The van der Waals surface area contributed by atoms with E-state index >= 15 is 0 Å². The first-order valence-corrected chi connectivity index (χ1v) is 12.3. The molecule has 0 spiro atoms. The molecule has 1 fully saturated rings. The highest BCUT2D eigenvalue weighted by Gasteiger charge is 2.34. The van der Waals surface area contributed by atoms with E-state index in [0.717, 1.165) is 31.0 Å². The van der Waals surface area contributed by atoms with Crippen molar-refractivity contribution in [3.8, 4) is 11.5 Å². The molecule has 32 heavy (non-hydrogen) atoms. The Balaban J connectivity index is 1.54. The molecule has 0 radical (unpaired) electrons. The lowest BCUT2D eigenvalue weighted by atomic mass is 9.89. The van der Waals surface area contributed by atoms with Crippen LogP contribution in [0.2, 0.25) is 0 Å². The Kier molecular flexibility index (Phi) is 6.20. The van der Waals surface area contributed by atoms with Gasteiger partial charge in [-0.25, -0.2) is 8.42 Å². The molecule has 2 aromatic rings. The number of halogens is 3. The molecule has 0 bridgehead atoms. The van der Waals surface area contributed by atoms with Gasteiger partial charge in [0.05, 0.1) is 11.3 Å². The van der Waals surface area contributed by atoms with Crippen molar-refractivity contribution in [1.29, 1.82) is 0 Å². The van der Waals surface area contributed by atoms with E-state index in [1.54, 1.807) is 12.1 Å². The van der Waals surface area contributed by atoms with E-state index in [-0.39, 0.29) is 17.2 Å². The minimum atomic E-state index is -4.39. The molecule has 5 nitrogen and oxygen atoms in total. The Morgan fingerprint density at radius 3 is 2.50 bits per heavy atom. The lowest BCUT2D eigenvalue weighted by molar-refractivity contribution is -0.138. The van der Waals surface area contributed by atoms with Crippen molar-refractivity contribution in [2.75, 3.05) is 18.8 Å². The standard InChI is InChI=1S/C23H25F3N2O3S/c1-2-4-17-15-19(10-11-21(17)23(24,25)26)31-18-8-6-16(7-9-18)20-5-3-12-28-13-14-32(29,30)27-22(20)28/h6-11,15,20H,2-5,12-14H2,1H3. The second kappa shape index (κ2) is 8.77. The highest BCUT2D eigenvalue weighted by molar-refractivity contribution is 7.90. The normalized spacial score (nSPS) is 20.4. The summed E-state index contributed by atoms with van der Waals surface area (Å²) in [5.41, 5.74) is 0.525. The van der Waals surface area contributed by atoms with Crippen LogP contribution in [-0.2, 0) is 22.6 Å². The summed E-state index contributed by atoms with van der Waals surface area (Å²) in [4.78, 5) is 2.04. The molecule has 0 aliphatic carbocycles. The summed E-state index contributed by atoms with van der Waals surface area (Å²) in [6.45, 7) is 3.10. The van der Waals surface area contributed by atoms with Gasteiger partial charge in [0.2, 0.25) is 0 Å². The van der Waals surface area contributed by atoms with Crippen molar-refractivity contribution in [1.82, 2.24) is 4.90 Å². The average Bonchev–Trinajstić information content (AvgIpc) is 2.73. The molecule has 1 unspecified atom stereocenters. The van der Waals surface area contributed by atoms with Crippen LogP contribution in [0.25, 0.3) is 0 Å². The number of sulfonamides is 1. The monoisotopic (exact) mass is 466 g/mol. The molecule has 1 saturated heterocycles. The van der Waals surface area contributed by atoms with Crippen molar-refractivity contribution >= 4 is 15.9 Å².